The molecule has 7 nitrogen and oxygen atoms in total. The van der Waals surface area contributed by atoms with Crippen molar-refractivity contribution in [1.29, 1.82) is 0 Å². The average molecular weight is 466 g/mol. The zero-order valence-electron chi connectivity index (χ0n) is 19.3. The summed E-state index contributed by atoms with van der Waals surface area (Å²) in [6.45, 7) is 5.23. The zero-order chi connectivity index (χ0) is 24.1. The summed E-state index contributed by atoms with van der Waals surface area (Å²) in [7, 11) is 0. The molecule has 1 aliphatic heterocycles. The first-order valence-electron chi connectivity index (χ1n) is 11.3. The van der Waals surface area contributed by atoms with Crippen LogP contribution < -0.4 is 15.5 Å². The van der Waals surface area contributed by atoms with Gasteiger partial charge in [-0.1, -0.05) is 31.2 Å². The van der Waals surface area contributed by atoms with Crippen LogP contribution in [-0.4, -0.2) is 31.2 Å². The second-order valence-corrected chi connectivity index (χ2v) is 8.24. The van der Waals surface area contributed by atoms with Crippen LogP contribution in [0.3, 0.4) is 0 Å². The smallest absolute Gasteiger partial charge is 0.414 e. The first-order chi connectivity index (χ1) is 16.4. The molecule has 1 saturated heterocycles. The summed E-state index contributed by atoms with van der Waals surface area (Å²) in [6.07, 6.45) is -0.151. The quantitative estimate of drug-likeness (QED) is 0.489. The van der Waals surface area contributed by atoms with E-state index in [0.29, 0.717) is 24.3 Å². The normalized spacial score (nSPS) is 15.4. The molecule has 0 aliphatic carbocycles. The third-order valence-electron chi connectivity index (χ3n) is 5.68. The minimum absolute atomic E-state index is 0.199. The number of ether oxygens (including phenoxy) is 1. The second kappa shape index (κ2) is 10.5. The predicted molar refractivity (Wildman–Crippen MR) is 127 cm³/mol. The first-order valence-corrected chi connectivity index (χ1v) is 11.3. The molecule has 2 amide bonds. The topological polar surface area (TPSA) is 83.8 Å². The summed E-state index contributed by atoms with van der Waals surface area (Å²) in [5.41, 5.74) is 2.70. The van der Waals surface area contributed by atoms with E-state index in [9.17, 15) is 14.0 Å². The van der Waals surface area contributed by atoms with Crippen molar-refractivity contribution in [2.75, 3.05) is 18.0 Å². The molecule has 3 aromatic rings. The summed E-state index contributed by atoms with van der Waals surface area (Å²) < 4.78 is 25.9. The number of furan rings is 1. The predicted octanol–water partition coefficient (Wildman–Crippen LogP) is 4.40. The molecule has 2 heterocycles. The number of benzene rings is 2. The summed E-state index contributed by atoms with van der Waals surface area (Å²) in [6, 6.07) is 16.3. The Morgan fingerprint density at radius 3 is 2.53 bits per heavy atom. The number of cyclic esters (lactones) is 1. The highest BCUT2D eigenvalue weighted by atomic mass is 19.1. The molecule has 2 N–H and O–H groups in total. The number of nitrogens with one attached hydrogen (secondary N) is 2. The van der Waals surface area contributed by atoms with Gasteiger partial charge < -0.3 is 19.8 Å². The highest BCUT2D eigenvalue weighted by Crippen LogP contribution is 2.29. The van der Waals surface area contributed by atoms with Gasteiger partial charge in [-0.2, -0.15) is 0 Å². The minimum atomic E-state index is -0.556. The maximum atomic E-state index is 14.9. The standard InChI is InChI=1S/C26H28FN3O4/c1-3-21-9-10-22(33-21)14-28-13-18-4-6-19(7-5-18)24-11-8-20(12-25(24)27)30-16-23(34-26(30)32)15-29-17(2)31/h4-12,23,28H,3,13-16H2,1-2H3,(H,29,31). The number of aryl methyl sites for hydroxylation is 1. The van der Waals surface area contributed by atoms with Gasteiger partial charge in [-0.05, 0) is 41.5 Å². The van der Waals surface area contributed by atoms with Crippen molar-refractivity contribution < 1.29 is 23.1 Å². The van der Waals surface area contributed by atoms with E-state index >= 15 is 0 Å². The third-order valence-corrected chi connectivity index (χ3v) is 5.68. The van der Waals surface area contributed by atoms with E-state index in [2.05, 4.69) is 17.6 Å². The van der Waals surface area contributed by atoms with Crippen LogP contribution in [0.4, 0.5) is 14.9 Å². The van der Waals surface area contributed by atoms with Crippen molar-refractivity contribution >= 4 is 17.7 Å². The van der Waals surface area contributed by atoms with Gasteiger partial charge >= 0.3 is 6.09 Å². The summed E-state index contributed by atoms with van der Waals surface area (Å²) in [5, 5.41) is 5.97. The molecule has 0 bridgehead atoms. The van der Waals surface area contributed by atoms with Crippen LogP contribution in [0.5, 0.6) is 0 Å². The first kappa shape index (κ1) is 23.5. The van der Waals surface area contributed by atoms with E-state index in [1.165, 1.54) is 17.9 Å². The largest absolute Gasteiger partial charge is 0.465 e. The maximum Gasteiger partial charge on any atom is 0.414 e. The molecule has 0 spiro atoms. The maximum absolute atomic E-state index is 14.9. The fourth-order valence-electron chi connectivity index (χ4n) is 3.84. The van der Waals surface area contributed by atoms with Gasteiger partial charge in [0, 0.05) is 25.5 Å². The van der Waals surface area contributed by atoms with Crippen LogP contribution in [0.2, 0.25) is 0 Å². The number of amides is 2. The van der Waals surface area contributed by atoms with Gasteiger partial charge in [0.15, 0.2) is 0 Å². The number of nitrogens with zero attached hydrogens (tertiary/aromatic N) is 1. The van der Waals surface area contributed by atoms with Crippen molar-refractivity contribution in [2.24, 2.45) is 0 Å². The average Bonchev–Trinajstić information content (AvgIpc) is 3.44. The molecule has 1 aliphatic rings. The number of rotatable bonds is 9. The van der Waals surface area contributed by atoms with Gasteiger partial charge in [0.1, 0.15) is 23.4 Å². The van der Waals surface area contributed by atoms with Crippen LogP contribution in [0, 0.1) is 5.82 Å². The van der Waals surface area contributed by atoms with Gasteiger partial charge in [0.05, 0.1) is 25.3 Å². The molecule has 34 heavy (non-hydrogen) atoms. The van der Waals surface area contributed by atoms with Crippen molar-refractivity contribution in [3.8, 4) is 11.1 Å². The summed E-state index contributed by atoms with van der Waals surface area (Å²) >= 11 is 0. The number of halogens is 1. The molecular formula is C26H28FN3O4. The number of hydrogen-bond acceptors (Lipinski definition) is 5. The molecule has 0 saturated carbocycles. The SMILES string of the molecule is CCc1ccc(CNCc2ccc(-c3ccc(N4CC(CNC(C)=O)OC4=O)cc3F)cc2)o1. The molecule has 4 rings (SSSR count). The Hall–Kier alpha value is -3.65. The third kappa shape index (κ3) is 5.63. The second-order valence-electron chi connectivity index (χ2n) is 8.24. The Labute approximate surface area is 197 Å². The molecule has 1 fully saturated rings. The molecule has 0 radical (unpaired) electrons. The Morgan fingerprint density at radius 2 is 1.85 bits per heavy atom. The van der Waals surface area contributed by atoms with Crippen LogP contribution in [0.15, 0.2) is 59.0 Å². The Kier molecular flexibility index (Phi) is 7.27. The zero-order valence-corrected chi connectivity index (χ0v) is 19.3. The van der Waals surface area contributed by atoms with Gasteiger partial charge in [0.2, 0.25) is 5.91 Å². The number of carbonyl (C=O) groups excluding carboxylic acids is 2. The lowest BCUT2D eigenvalue weighted by molar-refractivity contribution is -0.119. The van der Waals surface area contributed by atoms with E-state index in [4.69, 9.17) is 9.15 Å². The van der Waals surface area contributed by atoms with Crippen LogP contribution >= 0.6 is 0 Å². The van der Waals surface area contributed by atoms with Crippen molar-refractivity contribution in [3.05, 3.63) is 77.5 Å². The Morgan fingerprint density at radius 1 is 1.09 bits per heavy atom. The Balaban J connectivity index is 1.36. The van der Waals surface area contributed by atoms with Gasteiger partial charge in [0.25, 0.3) is 0 Å². The van der Waals surface area contributed by atoms with Crippen LogP contribution in [0.25, 0.3) is 11.1 Å². The van der Waals surface area contributed by atoms with Crippen molar-refractivity contribution in [3.63, 3.8) is 0 Å². The fourth-order valence-corrected chi connectivity index (χ4v) is 3.84. The molecule has 2 aromatic carbocycles. The molecule has 178 valence electrons. The lowest BCUT2D eigenvalue weighted by atomic mass is 10.0. The van der Waals surface area contributed by atoms with Gasteiger partial charge in [-0.15, -0.1) is 0 Å². The van der Waals surface area contributed by atoms with E-state index in [1.54, 1.807) is 12.1 Å². The monoisotopic (exact) mass is 465 g/mol. The molecular weight excluding hydrogens is 437 g/mol. The van der Waals surface area contributed by atoms with Crippen molar-refractivity contribution in [2.45, 2.75) is 39.5 Å². The van der Waals surface area contributed by atoms with E-state index in [-0.39, 0.29) is 19.0 Å². The van der Waals surface area contributed by atoms with Gasteiger partial charge in [-0.3, -0.25) is 9.69 Å². The number of hydrogen-bond donors (Lipinski definition) is 2. The number of anilines is 1. The molecule has 8 heteroatoms. The molecule has 1 aromatic heterocycles. The fraction of sp³-hybridized carbons (Fsp3) is 0.308. The minimum Gasteiger partial charge on any atom is -0.465 e. The highest BCUT2D eigenvalue weighted by molar-refractivity contribution is 5.90. The van der Waals surface area contributed by atoms with Crippen molar-refractivity contribution in [1.82, 2.24) is 10.6 Å². The summed E-state index contributed by atoms with van der Waals surface area (Å²) in [5.74, 6) is 1.25. The molecule has 1 unspecified atom stereocenters. The molecule has 1 atom stereocenters. The van der Waals surface area contributed by atoms with E-state index in [0.717, 1.165) is 29.1 Å². The van der Waals surface area contributed by atoms with Gasteiger partial charge in [-0.25, -0.2) is 9.18 Å². The van der Waals surface area contributed by atoms with Crippen LogP contribution in [0.1, 0.15) is 30.9 Å². The van der Waals surface area contributed by atoms with Crippen LogP contribution in [-0.2, 0) is 29.0 Å². The lowest BCUT2D eigenvalue weighted by Gasteiger charge is -2.15. The van der Waals surface area contributed by atoms with E-state index < -0.39 is 18.0 Å². The Bertz CT molecular complexity index is 1160. The highest BCUT2D eigenvalue weighted by Gasteiger charge is 2.32. The lowest BCUT2D eigenvalue weighted by Crippen LogP contribution is -2.33. The summed E-state index contributed by atoms with van der Waals surface area (Å²) in [4.78, 5) is 24.6. The van der Waals surface area contributed by atoms with E-state index in [1.807, 2.05) is 36.4 Å². The number of carbonyl (C=O) groups is 2.